The summed E-state index contributed by atoms with van der Waals surface area (Å²) in [6.45, 7) is 8.22. The summed E-state index contributed by atoms with van der Waals surface area (Å²) in [6, 6.07) is 8.76. The number of aromatic nitrogens is 4. The lowest BCUT2D eigenvalue weighted by atomic mass is 9.95. The molecule has 1 saturated carbocycles. The standard InChI is InChI=1S/C28H37N7O2/c1-28(2,3)37-27(36)34-15-13-33(14-16-34)26-19-23(35-12-11-29-20-35)18-24(32-26)21-9-10-30-25(17-21)31-22-7-5-4-6-8-22/h9-12,17-20,22H,4-8,13-16H2,1-3H3,(H,30,31). The fourth-order valence-corrected chi connectivity index (χ4v) is 4.94. The third kappa shape index (κ3) is 6.39. The Hall–Kier alpha value is -3.62. The molecule has 3 aromatic rings. The highest BCUT2D eigenvalue weighted by Crippen LogP contribution is 2.28. The quantitative estimate of drug-likeness (QED) is 0.516. The van der Waals surface area contributed by atoms with Crippen LogP contribution in [0.25, 0.3) is 16.9 Å². The van der Waals surface area contributed by atoms with Crippen LogP contribution in [0.15, 0.2) is 49.2 Å². The summed E-state index contributed by atoms with van der Waals surface area (Å²) in [4.78, 5) is 30.4. The first-order chi connectivity index (χ1) is 17.8. The zero-order chi connectivity index (χ0) is 25.8. The first-order valence-corrected chi connectivity index (χ1v) is 13.3. The number of nitrogens with one attached hydrogen (secondary N) is 1. The molecule has 2 fully saturated rings. The third-order valence-corrected chi connectivity index (χ3v) is 6.87. The predicted octanol–water partition coefficient (Wildman–Crippen LogP) is 5.13. The molecule has 1 aliphatic carbocycles. The van der Waals surface area contributed by atoms with E-state index in [0.717, 1.165) is 28.6 Å². The Kier molecular flexibility index (Phi) is 7.30. The van der Waals surface area contributed by atoms with Crippen molar-refractivity contribution in [1.82, 2.24) is 24.4 Å². The molecule has 9 nitrogen and oxygen atoms in total. The zero-order valence-electron chi connectivity index (χ0n) is 22.1. The minimum atomic E-state index is -0.501. The number of imidazole rings is 1. The molecule has 0 radical (unpaired) electrons. The van der Waals surface area contributed by atoms with Crippen molar-refractivity contribution >= 4 is 17.7 Å². The average Bonchev–Trinajstić information content (AvgIpc) is 3.44. The number of pyridine rings is 2. The molecule has 2 aliphatic rings. The number of hydrogen-bond acceptors (Lipinski definition) is 7. The van der Waals surface area contributed by atoms with E-state index in [1.807, 2.05) is 43.8 Å². The van der Waals surface area contributed by atoms with Gasteiger partial charge in [-0.3, -0.25) is 0 Å². The van der Waals surface area contributed by atoms with Crippen molar-refractivity contribution in [2.45, 2.75) is 64.5 Å². The number of ether oxygens (including phenoxy) is 1. The van der Waals surface area contributed by atoms with Crippen LogP contribution in [0.2, 0.25) is 0 Å². The number of hydrogen-bond donors (Lipinski definition) is 1. The Morgan fingerprint density at radius 1 is 1.03 bits per heavy atom. The molecular formula is C28H37N7O2. The van der Waals surface area contributed by atoms with E-state index in [1.54, 1.807) is 17.4 Å². The number of rotatable bonds is 5. The maximum absolute atomic E-state index is 12.5. The van der Waals surface area contributed by atoms with Gasteiger partial charge in [-0.15, -0.1) is 0 Å². The largest absolute Gasteiger partial charge is 0.444 e. The predicted molar refractivity (Wildman–Crippen MR) is 145 cm³/mol. The van der Waals surface area contributed by atoms with Crippen LogP contribution >= 0.6 is 0 Å². The van der Waals surface area contributed by atoms with Gasteiger partial charge >= 0.3 is 6.09 Å². The Balaban J connectivity index is 1.38. The highest BCUT2D eigenvalue weighted by Gasteiger charge is 2.27. The number of piperazine rings is 1. The molecule has 0 unspecified atom stereocenters. The molecule has 1 saturated heterocycles. The van der Waals surface area contributed by atoms with Gasteiger partial charge in [0.2, 0.25) is 0 Å². The molecule has 37 heavy (non-hydrogen) atoms. The second-order valence-electron chi connectivity index (χ2n) is 10.9. The van der Waals surface area contributed by atoms with E-state index < -0.39 is 5.60 Å². The maximum Gasteiger partial charge on any atom is 0.410 e. The first kappa shape index (κ1) is 25.0. The van der Waals surface area contributed by atoms with E-state index in [2.05, 4.69) is 38.4 Å². The Morgan fingerprint density at radius 3 is 2.51 bits per heavy atom. The van der Waals surface area contributed by atoms with Crippen LogP contribution in [0.3, 0.4) is 0 Å². The van der Waals surface area contributed by atoms with Crippen LogP contribution in [0.1, 0.15) is 52.9 Å². The first-order valence-electron chi connectivity index (χ1n) is 13.3. The van der Waals surface area contributed by atoms with Gasteiger partial charge in [-0.05, 0) is 51.8 Å². The monoisotopic (exact) mass is 503 g/mol. The van der Waals surface area contributed by atoms with Crippen LogP contribution in [-0.4, -0.2) is 68.3 Å². The summed E-state index contributed by atoms with van der Waals surface area (Å²) in [5, 5.41) is 3.63. The fourth-order valence-electron chi connectivity index (χ4n) is 4.94. The van der Waals surface area contributed by atoms with Crippen molar-refractivity contribution in [3.63, 3.8) is 0 Å². The Morgan fingerprint density at radius 2 is 1.81 bits per heavy atom. The van der Waals surface area contributed by atoms with Crippen molar-refractivity contribution in [2.24, 2.45) is 0 Å². The lowest BCUT2D eigenvalue weighted by molar-refractivity contribution is 0.0240. The van der Waals surface area contributed by atoms with Gasteiger partial charge in [0.05, 0.1) is 17.7 Å². The second kappa shape index (κ2) is 10.8. The van der Waals surface area contributed by atoms with Gasteiger partial charge in [0.25, 0.3) is 0 Å². The van der Waals surface area contributed by atoms with E-state index in [4.69, 9.17) is 9.72 Å². The summed E-state index contributed by atoms with van der Waals surface area (Å²) in [5.74, 6) is 1.77. The molecule has 0 atom stereocenters. The van der Waals surface area contributed by atoms with E-state index in [0.29, 0.717) is 32.2 Å². The molecule has 1 aliphatic heterocycles. The van der Waals surface area contributed by atoms with E-state index in [9.17, 15) is 4.79 Å². The van der Waals surface area contributed by atoms with Crippen molar-refractivity contribution in [3.8, 4) is 16.9 Å². The molecule has 1 N–H and O–H groups in total. The maximum atomic E-state index is 12.5. The van der Waals surface area contributed by atoms with Crippen molar-refractivity contribution in [3.05, 3.63) is 49.2 Å². The average molecular weight is 504 g/mol. The number of anilines is 2. The van der Waals surface area contributed by atoms with Crippen LogP contribution in [-0.2, 0) is 4.74 Å². The lowest BCUT2D eigenvalue weighted by Gasteiger charge is -2.36. The molecule has 0 bridgehead atoms. The van der Waals surface area contributed by atoms with Crippen LogP contribution in [0.4, 0.5) is 16.4 Å². The number of carbonyl (C=O) groups excluding carboxylic acids is 1. The molecule has 5 rings (SSSR count). The molecule has 3 aromatic heterocycles. The van der Waals surface area contributed by atoms with Crippen molar-refractivity contribution in [2.75, 3.05) is 36.4 Å². The molecule has 0 aromatic carbocycles. The number of carbonyl (C=O) groups is 1. The van der Waals surface area contributed by atoms with Gasteiger partial charge in [-0.1, -0.05) is 19.3 Å². The third-order valence-electron chi connectivity index (χ3n) is 6.87. The SMILES string of the molecule is CC(C)(C)OC(=O)N1CCN(c2cc(-n3ccnc3)cc(-c3ccnc(NC4CCCCC4)c3)n2)CC1. The summed E-state index contributed by atoms with van der Waals surface area (Å²) in [5.41, 5.74) is 2.39. The summed E-state index contributed by atoms with van der Waals surface area (Å²) in [6.07, 6.45) is 13.4. The fraction of sp³-hybridized carbons (Fsp3) is 0.500. The van der Waals surface area contributed by atoms with Gasteiger partial charge in [-0.2, -0.15) is 0 Å². The normalized spacial score (nSPS) is 17.1. The van der Waals surface area contributed by atoms with Crippen LogP contribution < -0.4 is 10.2 Å². The summed E-state index contributed by atoms with van der Waals surface area (Å²) >= 11 is 0. The van der Waals surface area contributed by atoms with Crippen LogP contribution in [0.5, 0.6) is 0 Å². The van der Waals surface area contributed by atoms with Gasteiger partial charge < -0.3 is 24.4 Å². The smallest absolute Gasteiger partial charge is 0.410 e. The van der Waals surface area contributed by atoms with Gasteiger partial charge in [0.15, 0.2) is 0 Å². The summed E-state index contributed by atoms with van der Waals surface area (Å²) in [7, 11) is 0. The second-order valence-corrected chi connectivity index (χ2v) is 10.9. The Labute approximate surface area is 218 Å². The minimum Gasteiger partial charge on any atom is -0.444 e. The number of amides is 1. The van der Waals surface area contributed by atoms with Crippen molar-refractivity contribution in [1.29, 1.82) is 0 Å². The Bertz CT molecular complexity index is 1190. The van der Waals surface area contributed by atoms with E-state index in [-0.39, 0.29) is 6.09 Å². The molecule has 196 valence electrons. The van der Waals surface area contributed by atoms with Crippen molar-refractivity contribution < 1.29 is 9.53 Å². The van der Waals surface area contributed by atoms with Gasteiger partial charge in [0.1, 0.15) is 17.2 Å². The summed E-state index contributed by atoms with van der Waals surface area (Å²) < 4.78 is 7.55. The highest BCUT2D eigenvalue weighted by molar-refractivity contribution is 5.70. The number of nitrogens with zero attached hydrogens (tertiary/aromatic N) is 6. The highest BCUT2D eigenvalue weighted by atomic mass is 16.6. The zero-order valence-corrected chi connectivity index (χ0v) is 22.1. The van der Waals surface area contributed by atoms with Crippen LogP contribution in [0, 0.1) is 0 Å². The minimum absolute atomic E-state index is 0.261. The molecule has 4 heterocycles. The topological polar surface area (TPSA) is 88.4 Å². The van der Waals surface area contributed by atoms with Gasteiger partial charge in [0, 0.05) is 62.4 Å². The molecule has 0 spiro atoms. The molecule has 9 heteroatoms. The van der Waals surface area contributed by atoms with Gasteiger partial charge in [-0.25, -0.2) is 19.7 Å². The molecule has 1 amide bonds. The van der Waals surface area contributed by atoms with E-state index >= 15 is 0 Å². The van der Waals surface area contributed by atoms with E-state index in [1.165, 1.54) is 32.1 Å². The lowest BCUT2D eigenvalue weighted by Crippen LogP contribution is -2.50. The molecular weight excluding hydrogens is 466 g/mol.